The molecule has 1 aliphatic rings. The molecule has 1 fully saturated rings. The predicted octanol–water partition coefficient (Wildman–Crippen LogP) is 4.50. The van der Waals surface area contributed by atoms with E-state index in [0.717, 1.165) is 18.0 Å². The first kappa shape index (κ1) is 19.1. The van der Waals surface area contributed by atoms with Crippen LogP contribution in [0.15, 0.2) is 36.7 Å². The van der Waals surface area contributed by atoms with Crippen LogP contribution in [-0.4, -0.2) is 39.7 Å². The van der Waals surface area contributed by atoms with Crippen LogP contribution in [0.5, 0.6) is 0 Å². The number of ether oxygens (including phenoxy) is 1. The molecule has 0 aliphatic carbocycles. The quantitative estimate of drug-likeness (QED) is 0.771. The van der Waals surface area contributed by atoms with Crippen molar-refractivity contribution in [1.82, 2.24) is 14.9 Å². The summed E-state index contributed by atoms with van der Waals surface area (Å²) in [4.78, 5) is 20.9. The SMILES string of the molecule is CC(C)(C)OC(=O)N1CC(c2ccc(-c3cnc(C(F)(F)F)cn3)cc2)C1. The molecule has 8 heteroatoms. The summed E-state index contributed by atoms with van der Waals surface area (Å²) in [5.41, 5.74) is 0.576. The zero-order valence-electron chi connectivity index (χ0n) is 15.2. The Morgan fingerprint density at radius 3 is 2.19 bits per heavy atom. The van der Waals surface area contributed by atoms with Crippen LogP contribution >= 0.6 is 0 Å². The molecule has 0 radical (unpaired) electrons. The third-order valence-corrected chi connectivity index (χ3v) is 4.15. The highest BCUT2D eigenvalue weighted by Crippen LogP contribution is 2.31. The van der Waals surface area contributed by atoms with E-state index in [-0.39, 0.29) is 12.0 Å². The fourth-order valence-electron chi connectivity index (χ4n) is 2.71. The smallest absolute Gasteiger partial charge is 0.434 e. The Hall–Kier alpha value is -2.64. The molecule has 1 aliphatic heterocycles. The standard InChI is InChI=1S/C19H20F3N3O2/c1-18(2,3)27-17(26)25-10-14(11-25)12-4-6-13(7-5-12)15-8-24-16(9-23-15)19(20,21)22/h4-9,14H,10-11H2,1-3H3. The number of likely N-dealkylation sites (tertiary alicyclic amines) is 1. The van der Waals surface area contributed by atoms with Crippen LogP contribution in [0.3, 0.4) is 0 Å². The van der Waals surface area contributed by atoms with Crippen LogP contribution in [0.2, 0.25) is 0 Å². The Balaban J connectivity index is 1.61. The number of hydrogen-bond acceptors (Lipinski definition) is 4. The predicted molar refractivity (Wildman–Crippen MR) is 93.0 cm³/mol. The van der Waals surface area contributed by atoms with Crippen molar-refractivity contribution in [1.29, 1.82) is 0 Å². The molecule has 0 unspecified atom stereocenters. The van der Waals surface area contributed by atoms with Gasteiger partial charge in [0.2, 0.25) is 0 Å². The number of hydrogen-bond donors (Lipinski definition) is 0. The van der Waals surface area contributed by atoms with E-state index in [1.165, 1.54) is 0 Å². The van der Waals surface area contributed by atoms with E-state index >= 15 is 0 Å². The van der Waals surface area contributed by atoms with Crippen molar-refractivity contribution in [2.75, 3.05) is 13.1 Å². The lowest BCUT2D eigenvalue weighted by atomic mass is 9.91. The van der Waals surface area contributed by atoms with E-state index in [1.807, 2.05) is 32.9 Å². The first-order valence-corrected chi connectivity index (χ1v) is 8.50. The average Bonchev–Trinajstić information content (AvgIpc) is 2.52. The zero-order chi connectivity index (χ0) is 19.8. The summed E-state index contributed by atoms with van der Waals surface area (Å²) >= 11 is 0. The van der Waals surface area contributed by atoms with Gasteiger partial charge in [-0.2, -0.15) is 13.2 Å². The number of nitrogens with zero attached hydrogens (tertiary/aromatic N) is 3. The number of alkyl halides is 3. The van der Waals surface area contributed by atoms with Crippen molar-refractivity contribution in [3.63, 3.8) is 0 Å². The first-order chi connectivity index (χ1) is 12.5. The molecule has 2 heterocycles. The van der Waals surface area contributed by atoms with E-state index in [1.54, 1.807) is 17.0 Å². The topological polar surface area (TPSA) is 55.3 Å². The minimum absolute atomic E-state index is 0.213. The Morgan fingerprint density at radius 2 is 1.70 bits per heavy atom. The van der Waals surface area contributed by atoms with Gasteiger partial charge in [0.25, 0.3) is 0 Å². The molecular weight excluding hydrogens is 359 g/mol. The molecule has 3 rings (SSSR count). The summed E-state index contributed by atoms with van der Waals surface area (Å²) in [5, 5.41) is 0. The molecule has 0 bridgehead atoms. The number of carbonyl (C=O) groups excluding carboxylic acids is 1. The van der Waals surface area contributed by atoms with Gasteiger partial charge in [0.05, 0.1) is 18.1 Å². The van der Waals surface area contributed by atoms with E-state index in [0.29, 0.717) is 24.3 Å². The summed E-state index contributed by atoms with van der Waals surface area (Å²) in [6.07, 6.45) is -2.98. The lowest BCUT2D eigenvalue weighted by Gasteiger charge is -2.40. The second kappa shape index (κ2) is 6.83. The number of benzene rings is 1. The lowest BCUT2D eigenvalue weighted by Crippen LogP contribution is -2.50. The summed E-state index contributed by atoms with van der Waals surface area (Å²) in [5.74, 6) is 0.213. The van der Waals surface area contributed by atoms with Gasteiger partial charge in [-0.3, -0.25) is 4.98 Å². The second-order valence-corrected chi connectivity index (χ2v) is 7.49. The molecule has 0 spiro atoms. The molecule has 0 atom stereocenters. The molecule has 144 valence electrons. The summed E-state index contributed by atoms with van der Waals surface area (Å²) in [6.45, 7) is 6.63. The maximum Gasteiger partial charge on any atom is 0.434 e. The van der Waals surface area contributed by atoms with Crippen LogP contribution < -0.4 is 0 Å². The number of carbonyl (C=O) groups is 1. The highest BCUT2D eigenvalue weighted by atomic mass is 19.4. The molecule has 0 saturated carbocycles. The van der Waals surface area contributed by atoms with Crippen molar-refractivity contribution >= 4 is 6.09 Å². The van der Waals surface area contributed by atoms with Gasteiger partial charge in [-0.05, 0) is 26.3 Å². The van der Waals surface area contributed by atoms with Crippen molar-refractivity contribution < 1.29 is 22.7 Å². The summed E-state index contributed by atoms with van der Waals surface area (Å²) < 4.78 is 43.0. The van der Waals surface area contributed by atoms with Crippen molar-refractivity contribution in [2.24, 2.45) is 0 Å². The fraction of sp³-hybridized carbons (Fsp3) is 0.421. The third kappa shape index (κ3) is 4.56. The van der Waals surface area contributed by atoms with Gasteiger partial charge in [-0.15, -0.1) is 0 Å². The van der Waals surface area contributed by atoms with Crippen LogP contribution in [0.4, 0.5) is 18.0 Å². The molecule has 5 nitrogen and oxygen atoms in total. The molecule has 2 aromatic rings. The van der Waals surface area contributed by atoms with Crippen LogP contribution in [0.1, 0.15) is 37.9 Å². The normalized spacial score (nSPS) is 15.4. The summed E-state index contributed by atoms with van der Waals surface area (Å²) in [6, 6.07) is 7.38. The van der Waals surface area contributed by atoms with E-state index in [9.17, 15) is 18.0 Å². The Morgan fingerprint density at radius 1 is 1.07 bits per heavy atom. The molecule has 27 heavy (non-hydrogen) atoms. The van der Waals surface area contributed by atoms with Crippen molar-refractivity contribution in [3.05, 3.63) is 47.9 Å². The van der Waals surface area contributed by atoms with Crippen molar-refractivity contribution in [3.8, 4) is 11.3 Å². The number of rotatable bonds is 2. The minimum atomic E-state index is -4.50. The molecule has 1 saturated heterocycles. The number of amides is 1. The second-order valence-electron chi connectivity index (χ2n) is 7.49. The van der Waals surface area contributed by atoms with Gasteiger partial charge in [-0.1, -0.05) is 24.3 Å². The highest BCUT2D eigenvalue weighted by molar-refractivity contribution is 5.69. The lowest BCUT2D eigenvalue weighted by molar-refractivity contribution is -0.141. The molecular formula is C19H20F3N3O2. The van der Waals surface area contributed by atoms with Gasteiger partial charge >= 0.3 is 12.3 Å². The van der Waals surface area contributed by atoms with Crippen LogP contribution in [0, 0.1) is 0 Å². The zero-order valence-corrected chi connectivity index (χ0v) is 15.2. The van der Waals surface area contributed by atoms with Crippen molar-refractivity contribution in [2.45, 2.75) is 38.5 Å². The molecule has 0 N–H and O–H groups in total. The summed E-state index contributed by atoms with van der Waals surface area (Å²) in [7, 11) is 0. The maximum atomic E-state index is 12.5. The van der Waals surface area contributed by atoms with Gasteiger partial charge in [-0.25, -0.2) is 9.78 Å². The Labute approximate surface area is 155 Å². The fourth-order valence-corrected chi connectivity index (χ4v) is 2.71. The third-order valence-electron chi connectivity index (χ3n) is 4.15. The van der Waals surface area contributed by atoms with E-state index in [2.05, 4.69) is 9.97 Å². The Kier molecular flexibility index (Phi) is 4.84. The highest BCUT2D eigenvalue weighted by Gasteiger charge is 2.35. The van der Waals surface area contributed by atoms with E-state index in [4.69, 9.17) is 4.74 Å². The molecule has 1 amide bonds. The van der Waals surface area contributed by atoms with Gasteiger partial charge in [0.15, 0.2) is 5.69 Å². The van der Waals surface area contributed by atoms with Crippen LogP contribution in [-0.2, 0) is 10.9 Å². The monoisotopic (exact) mass is 379 g/mol. The van der Waals surface area contributed by atoms with Gasteiger partial charge < -0.3 is 9.64 Å². The minimum Gasteiger partial charge on any atom is -0.444 e. The van der Waals surface area contributed by atoms with E-state index < -0.39 is 17.5 Å². The molecule has 1 aromatic carbocycles. The number of aromatic nitrogens is 2. The van der Waals surface area contributed by atoms with Crippen LogP contribution in [0.25, 0.3) is 11.3 Å². The number of halogens is 3. The van der Waals surface area contributed by atoms with Gasteiger partial charge in [0, 0.05) is 24.6 Å². The Bertz CT molecular complexity index is 806. The molecule has 1 aromatic heterocycles. The largest absolute Gasteiger partial charge is 0.444 e. The van der Waals surface area contributed by atoms with Gasteiger partial charge in [0.1, 0.15) is 5.60 Å². The average molecular weight is 379 g/mol. The first-order valence-electron chi connectivity index (χ1n) is 8.50. The maximum absolute atomic E-state index is 12.5.